The van der Waals surface area contributed by atoms with Crippen LogP contribution in [0.3, 0.4) is 0 Å². The molecule has 2 atom stereocenters. The fourth-order valence-corrected chi connectivity index (χ4v) is 5.20. The first kappa shape index (κ1) is 18.5. The first-order valence-corrected chi connectivity index (χ1v) is 9.93. The summed E-state index contributed by atoms with van der Waals surface area (Å²) in [7, 11) is -3.74. The minimum Gasteiger partial charge on any atom is -0.469 e. The van der Waals surface area contributed by atoms with Gasteiger partial charge >= 0.3 is 0 Å². The summed E-state index contributed by atoms with van der Waals surface area (Å²) in [5.74, 6) is 0.727. The van der Waals surface area contributed by atoms with E-state index in [1.165, 1.54) is 12.1 Å². The van der Waals surface area contributed by atoms with Crippen molar-refractivity contribution in [3.8, 4) is 0 Å². The van der Waals surface area contributed by atoms with Crippen molar-refractivity contribution in [1.29, 1.82) is 0 Å². The standard InChI is InChI=1S/C15H20ClNO4S2/c1-10(2)8-11(13-4-3-7-21-13)12(9-18)17-23(19,20)15-6-5-14(16)22-15/h3-7,10-12,17-18H,8-9H2,1-2H3/t11-,12+/m1/s1. The molecule has 0 aliphatic heterocycles. The average Bonchev–Trinajstić information content (AvgIpc) is 3.13. The molecule has 0 saturated carbocycles. The fourth-order valence-electron chi connectivity index (χ4n) is 2.43. The largest absolute Gasteiger partial charge is 0.469 e. The van der Waals surface area contributed by atoms with E-state index in [2.05, 4.69) is 4.72 Å². The molecular weight excluding hydrogens is 358 g/mol. The molecule has 0 spiro atoms. The van der Waals surface area contributed by atoms with E-state index < -0.39 is 16.1 Å². The van der Waals surface area contributed by atoms with E-state index in [9.17, 15) is 13.5 Å². The number of sulfonamides is 1. The summed E-state index contributed by atoms with van der Waals surface area (Å²) >= 11 is 6.79. The molecule has 2 N–H and O–H groups in total. The van der Waals surface area contributed by atoms with Gasteiger partial charge in [0.1, 0.15) is 9.97 Å². The molecule has 0 radical (unpaired) electrons. The summed E-state index contributed by atoms with van der Waals surface area (Å²) in [6, 6.07) is 5.87. The Bertz CT molecular complexity index is 710. The van der Waals surface area contributed by atoms with Gasteiger partial charge in [-0.25, -0.2) is 13.1 Å². The average molecular weight is 378 g/mol. The fraction of sp³-hybridized carbons (Fsp3) is 0.467. The number of aliphatic hydroxyl groups is 1. The summed E-state index contributed by atoms with van der Waals surface area (Å²) in [5.41, 5.74) is 0. The zero-order valence-corrected chi connectivity index (χ0v) is 15.3. The molecular formula is C15H20ClNO4S2. The smallest absolute Gasteiger partial charge is 0.250 e. The third-order valence-corrected chi connectivity index (χ3v) is 6.65. The van der Waals surface area contributed by atoms with Crippen molar-refractivity contribution in [2.75, 3.05) is 6.61 Å². The van der Waals surface area contributed by atoms with E-state index in [0.29, 0.717) is 22.4 Å². The van der Waals surface area contributed by atoms with Crippen LogP contribution in [-0.4, -0.2) is 26.2 Å². The first-order valence-electron chi connectivity index (χ1n) is 7.25. The Kier molecular flexibility index (Phi) is 6.27. The van der Waals surface area contributed by atoms with E-state index >= 15 is 0 Å². The molecule has 128 valence electrons. The normalized spacial score (nSPS) is 15.0. The highest BCUT2D eigenvalue weighted by molar-refractivity contribution is 7.91. The molecule has 5 nitrogen and oxygen atoms in total. The molecule has 0 bridgehead atoms. The van der Waals surface area contributed by atoms with Crippen molar-refractivity contribution in [2.24, 2.45) is 5.92 Å². The van der Waals surface area contributed by atoms with Crippen LogP contribution in [0.1, 0.15) is 31.9 Å². The van der Waals surface area contributed by atoms with Gasteiger partial charge in [-0.1, -0.05) is 25.4 Å². The zero-order chi connectivity index (χ0) is 17.0. The molecule has 0 saturated heterocycles. The van der Waals surface area contributed by atoms with Crippen molar-refractivity contribution in [2.45, 2.75) is 36.4 Å². The van der Waals surface area contributed by atoms with Crippen LogP contribution < -0.4 is 4.72 Å². The van der Waals surface area contributed by atoms with Crippen LogP contribution >= 0.6 is 22.9 Å². The quantitative estimate of drug-likeness (QED) is 0.738. The summed E-state index contributed by atoms with van der Waals surface area (Å²) in [5, 5.41) is 9.73. The zero-order valence-electron chi connectivity index (χ0n) is 12.9. The third kappa shape index (κ3) is 4.81. The lowest BCUT2D eigenvalue weighted by Crippen LogP contribution is -2.42. The molecule has 23 heavy (non-hydrogen) atoms. The highest BCUT2D eigenvalue weighted by Gasteiger charge is 2.30. The Hall–Kier alpha value is -0.860. The predicted octanol–water partition coefficient (Wildman–Crippen LogP) is 3.46. The Morgan fingerprint density at radius 3 is 2.57 bits per heavy atom. The second-order valence-corrected chi connectivity index (χ2v) is 9.38. The van der Waals surface area contributed by atoms with E-state index in [0.717, 1.165) is 11.3 Å². The van der Waals surface area contributed by atoms with Gasteiger partial charge in [0.2, 0.25) is 10.0 Å². The summed E-state index contributed by atoms with van der Waals surface area (Å²) < 4.78 is 33.5. The van der Waals surface area contributed by atoms with Gasteiger partial charge in [-0.15, -0.1) is 11.3 Å². The summed E-state index contributed by atoms with van der Waals surface area (Å²) in [6.07, 6.45) is 2.23. The van der Waals surface area contributed by atoms with E-state index in [1.54, 1.807) is 18.4 Å². The van der Waals surface area contributed by atoms with Crippen molar-refractivity contribution in [1.82, 2.24) is 4.72 Å². The number of thiophene rings is 1. The Morgan fingerprint density at radius 2 is 2.09 bits per heavy atom. The van der Waals surface area contributed by atoms with Gasteiger partial charge in [-0.2, -0.15) is 0 Å². The van der Waals surface area contributed by atoms with Crippen molar-refractivity contribution < 1.29 is 17.9 Å². The number of nitrogens with one attached hydrogen (secondary N) is 1. The molecule has 2 heterocycles. The van der Waals surface area contributed by atoms with Crippen LogP contribution in [0.4, 0.5) is 0 Å². The number of aliphatic hydroxyl groups excluding tert-OH is 1. The second-order valence-electron chi connectivity index (χ2n) is 5.72. The molecule has 0 aliphatic rings. The van der Waals surface area contributed by atoms with E-state index in [4.69, 9.17) is 16.0 Å². The highest BCUT2D eigenvalue weighted by Crippen LogP contribution is 2.30. The summed E-state index contributed by atoms with van der Waals surface area (Å²) in [6.45, 7) is 3.76. The summed E-state index contributed by atoms with van der Waals surface area (Å²) in [4.78, 5) is 0. The number of hydrogen-bond donors (Lipinski definition) is 2. The first-order chi connectivity index (χ1) is 10.8. The van der Waals surface area contributed by atoms with Gasteiger partial charge in [0, 0.05) is 5.92 Å². The van der Waals surface area contributed by atoms with Crippen LogP contribution in [0.15, 0.2) is 39.2 Å². The number of rotatable bonds is 8. The van der Waals surface area contributed by atoms with Crippen molar-refractivity contribution in [3.05, 3.63) is 40.6 Å². The second kappa shape index (κ2) is 7.81. The molecule has 2 aromatic heterocycles. The maximum Gasteiger partial charge on any atom is 0.250 e. The van der Waals surface area contributed by atoms with Gasteiger partial charge in [-0.05, 0) is 36.6 Å². The van der Waals surface area contributed by atoms with Gasteiger partial charge in [0.05, 0.1) is 23.2 Å². The van der Waals surface area contributed by atoms with E-state index in [-0.39, 0.29) is 16.7 Å². The van der Waals surface area contributed by atoms with Crippen molar-refractivity contribution in [3.63, 3.8) is 0 Å². The van der Waals surface area contributed by atoms with Crippen LogP contribution in [-0.2, 0) is 10.0 Å². The predicted molar refractivity (Wildman–Crippen MR) is 91.4 cm³/mol. The maximum absolute atomic E-state index is 12.5. The third-order valence-electron chi connectivity index (χ3n) is 3.44. The lowest BCUT2D eigenvalue weighted by atomic mass is 9.89. The molecule has 2 aromatic rings. The Balaban J connectivity index is 2.25. The monoisotopic (exact) mass is 377 g/mol. The molecule has 0 amide bonds. The Labute approximate surface area is 145 Å². The SMILES string of the molecule is CC(C)C[C@@H](c1ccco1)[C@H](CO)NS(=O)(=O)c1ccc(Cl)s1. The Morgan fingerprint density at radius 1 is 1.35 bits per heavy atom. The lowest BCUT2D eigenvalue weighted by molar-refractivity contribution is 0.218. The molecule has 2 rings (SSSR count). The van der Waals surface area contributed by atoms with Gasteiger partial charge in [0.25, 0.3) is 0 Å². The van der Waals surface area contributed by atoms with Gasteiger partial charge in [0.15, 0.2) is 0 Å². The van der Waals surface area contributed by atoms with Crippen LogP contribution in [0.5, 0.6) is 0 Å². The molecule has 0 aromatic carbocycles. The van der Waals surface area contributed by atoms with E-state index in [1.807, 2.05) is 13.8 Å². The number of hydrogen-bond acceptors (Lipinski definition) is 5. The lowest BCUT2D eigenvalue weighted by Gasteiger charge is -2.26. The van der Waals surface area contributed by atoms with Gasteiger partial charge < -0.3 is 9.52 Å². The molecule has 0 aliphatic carbocycles. The molecule has 8 heteroatoms. The van der Waals surface area contributed by atoms with Crippen molar-refractivity contribution >= 4 is 33.0 Å². The molecule has 0 unspecified atom stereocenters. The topological polar surface area (TPSA) is 79.5 Å². The highest BCUT2D eigenvalue weighted by atomic mass is 35.5. The minimum absolute atomic E-state index is 0.128. The molecule has 0 fully saturated rings. The van der Waals surface area contributed by atoms with Gasteiger partial charge in [-0.3, -0.25) is 0 Å². The number of furan rings is 1. The maximum atomic E-state index is 12.5. The van der Waals surface area contributed by atoms with Crippen LogP contribution in [0.25, 0.3) is 0 Å². The van der Waals surface area contributed by atoms with Crippen LogP contribution in [0.2, 0.25) is 4.34 Å². The number of halogens is 1. The van der Waals surface area contributed by atoms with Crippen LogP contribution in [0, 0.1) is 5.92 Å². The minimum atomic E-state index is -3.74.